The van der Waals surface area contributed by atoms with Crippen LogP contribution in [0, 0.1) is 0 Å². The molecule has 0 radical (unpaired) electrons. The molecule has 0 aliphatic carbocycles. The molecule has 1 aromatic carbocycles. The first-order valence-electron chi connectivity index (χ1n) is 4.31. The fraction of sp³-hybridized carbons (Fsp3) is 0.200. The number of hydrogen-bond donors (Lipinski definition) is 2. The van der Waals surface area contributed by atoms with E-state index in [1.807, 2.05) is 6.07 Å². The van der Waals surface area contributed by atoms with Crippen molar-refractivity contribution in [2.45, 2.75) is 12.0 Å². The molecule has 0 aromatic heterocycles. The van der Waals surface area contributed by atoms with E-state index in [-0.39, 0.29) is 12.3 Å². The Kier molecular flexibility index (Phi) is 1.86. The zero-order chi connectivity index (χ0) is 10.2. The number of nitrogens with one attached hydrogen (secondary N) is 1. The quantitative estimate of drug-likeness (QED) is 0.607. The first-order chi connectivity index (χ1) is 6.63. The Balaban J connectivity index is 2.43. The molecule has 1 aliphatic rings. The number of amides is 2. The minimum absolute atomic E-state index is 0.0237. The van der Waals surface area contributed by atoms with Gasteiger partial charge in [-0.25, -0.2) is 0 Å². The van der Waals surface area contributed by atoms with Gasteiger partial charge in [-0.3, -0.25) is 14.9 Å². The summed E-state index contributed by atoms with van der Waals surface area (Å²) in [6.07, 6.45) is 0.0237. The highest BCUT2D eigenvalue weighted by molar-refractivity contribution is 6.08. The van der Waals surface area contributed by atoms with E-state index in [1.165, 1.54) is 0 Å². The van der Waals surface area contributed by atoms with Crippen molar-refractivity contribution in [3.8, 4) is 0 Å². The minimum Gasteiger partial charge on any atom is -0.313 e. The standard InChI is InChI=1S/C10H10N2O2/c11-10(6-8(13)12-9(10)14)7-4-2-1-3-5-7/h1-5H,6,11H2,(H,12,13,14). The number of carbonyl (C=O) groups excluding carboxylic acids is 2. The monoisotopic (exact) mass is 190 g/mol. The Bertz CT molecular complexity index is 388. The van der Waals surface area contributed by atoms with Gasteiger partial charge in [0.05, 0.1) is 6.42 Å². The summed E-state index contributed by atoms with van der Waals surface area (Å²) in [5.74, 6) is -0.741. The lowest BCUT2D eigenvalue weighted by Crippen LogP contribution is -2.43. The Morgan fingerprint density at radius 1 is 1.21 bits per heavy atom. The normalized spacial score (nSPS) is 26.4. The number of carbonyl (C=O) groups is 2. The topological polar surface area (TPSA) is 72.2 Å². The SMILES string of the molecule is NC1(c2ccccc2)CC(=O)NC1=O. The highest BCUT2D eigenvalue weighted by atomic mass is 16.2. The summed E-state index contributed by atoms with van der Waals surface area (Å²) in [6, 6.07) is 8.91. The molecule has 2 rings (SSSR count). The van der Waals surface area contributed by atoms with Gasteiger partial charge in [-0.15, -0.1) is 0 Å². The van der Waals surface area contributed by atoms with Crippen LogP contribution < -0.4 is 11.1 Å². The van der Waals surface area contributed by atoms with Crippen LogP contribution in [-0.4, -0.2) is 11.8 Å². The number of imide groups is 1. The molecule has 1 aromatic rings. The van der Waals surface area contributed by atoms with Crippen molar-refractivity contribution in [2.75, 3.05) is 0 Å². The van der Waals surface area contributed by atoms with Gasteiger partial charge in [0.2, 0.25) is 5.91 Å². The number of benzene rings is 1. The van der Waals surface area contributed by atoms with Gasteiger partial charge in [0.15, 0.2) is 0 Å². The predicted molar refractivity (Wildman–Crippen MR) is 50.1 cm³/mol. The van der Waals surface area contributed by atoms with Crippen LogP contribution in [0.5, 0.6) is 0 Å². The number of rotatable bonds is 1. The first-order valence-corrected chi connectivity index (χ1v) is 4.31. The fourth-order valence-electron chi connectivity index (χ4n) is 1.58. The van der Waals surface area contributed by atoms with Crippen molar-refractivity contribution in [2.24, 2.45) is 5.73 Å². The first kappa shape index (κ1) is 8.90. The summed E-state index contributed by atoms with van der Waals surface area (Å²) in [7, 11) is 0. The molecule has 2 amide bonds. The van der Waals surface area contributed by atoms with E-state index in [9.17, 15) is 9.59 Å². The van der Waals surface area contributed by atoms with Crippen LogP contribution in [0.1, 0.15) is 12.0 Å². The molecule has 3 N–H and O–H groups in total. The highest BCUT2D eigenvalue weighted by Crippen LogP contribution is 2.26. The second-order valence-electron chi connectivity index (χ2n) is 3.39. The maximum absolute atomic E-state index is 11.4. The van der Waals surface area contributed by atoms with Crippen molar-refractivity contribution in [3.05, 3.63) is 35.9 Å². The second kappa shape index (κ2) is 2.92. The van der Waals surface area contributed by atoms with E-state index < -0.39 is 11.4 Å². The third-order valence-electron chi connectivity index (χ3n) is 2.39. The third kappa shape index (κ3) is 1.20. The fourth-order valence-corrected chi connectivity index (χ4v) is 1.58. The molecule has 0 bridgehead atoms. The molecule has 4 nitrogen and oxygen atoms in total. The molecule has 1 aliphatic heterocycles. The Hall–Kier alpha value is -1.68. The van der Waals surface area contributed by atoms with Crippen molar-refractivity contribution >= 4 is 11.8 Å². The maximum Gasteiger partial charge on any atom is 0.251 e. The lowest BCUT2D eigenvalue weighted by Gasteiger charge is -2.19. The lowest BCUT2D eigenvalue weighted by atomic mass is 9.89. The predicted octanol–water partition coefficient (Wildman–Crippen LogP) is -0.113. The van der Waals surface area contributed by atoms with Gasteiger partial charge in [0.25, 0.3) is 5.91 Å². The van der Waals surface area contributed by atoms with Gasteiger partial charge in [-0.05, 0) is 5.56 Å². The van der Waals surface area contributed by atoms with E-state index in [1.54, 1.807) is 24.3 Å². The minimum atomic E-state index is -1.18. The summed E-state index contributed by atoms with van der Waals surface area (Å²) in [5, 5.41) is 2.20. The van der Waals surface area contributed by atoms with Crippen molar-refractivity contribution in [1.29, 1.82) is 0 Å². The Morgan fingerprint density at radius 3 is 2.36 bits per heavy atom. The Labute approximate surface area is 81.1 Å². The van der Waals surface area contributed by atoms with Crippen LogP contribution in [-0.2, 0) is 15.1 Å². The molecule has 1 atom stereocenters. The van der Waals surface area contributed by atoms with E-state index in [0.29, 0.717) is 5.56 Å². The molecule has 1 saturated heterocycles. The number of hydrogen-bond acceptors (Lipinski definition) is 3. The van der Waals surface area contributed by atoms with Crippen molar-refractivity contribution < 1.29 is 9.59 Å². The average Bonchev–Trinajstić information content (AvgIpc) is 2.43. The van der Waals surface area contributed by atoms with Crippen molar-refractivity contribution in [3.63, 3.8) is 0 Å². The Morgan fingerprint density at radius 2 is 1.86 bits per heavy atom. The number of nitrogens with two attached hydrogens (primary N) is 1. The van der Waals surface area contributed by atoms with Crippen LogP contribution in [0.3, 0.4) is 0 Å². The smallest absolute Gasteiger partial charge is 0.251 e. The van der Waals surface area contributed by atoms with Gasteiger partial charge in [-0.2, -0.15) is 0 Å². The third-order valence-corrected chi connectivity index (χ3v) is 2.39. The van der Waals surface area contributed by atoms with Gasteiger partial charge in [0.1, 0.15) is 5.54 Å². The summed E-state index contributed by atoms with van der Waals surface area (Å²) in [5.41, 5.74) is 5.37. The zero-order valence-electron chi connectivity index (χ0n) is 7.49. The summed E-state index contributed by atoms with van der Waals surface area (Å²) in [4.78, 5) is 22.5. The average molecular weight is 190 g/mol. The van der Waals surface area contributed by atoms with Crippen LogP contribution in [0.2, 0.25) is 0 Å². The van der Waals surface area contributed by atoms with Crippen LogP contribution in [0.15, 0.2) is 30.3 Å². The van der Waals surface area contributed by atoms with Gasteiger partial charge in [0, 0.05) is 0 Å². The molecular formula is C10H10N2O2. The zero-order valence-corrected chi connectivity index (χ0v) is 7.49. The maximum atomic E-state index is 11.4. The van der Waals surface area contributed by atoms with Gasteiger partial charge >= 0.3 is 0 Å². The molecule has 14 heavy (non-hydrogen) atoms. The lowest BCUT2D eigenvalue weighted by molar-refractivity contribution is -0.126. The summed E-state index contributed by atoms with van der Waals surface area (Å²) in [6.45, 7) is 0. The summed E-state index contributed by atoms with van der Waals surface area (Å²) >= 11 is 0. The van der Waals surface area contributed by atoms with Gasteiger partial charge < -0.3 is 5.73 Å². The molecule has 4 heteroatoms. The molecule has 1 fully saturated rings. The molecule has 0 spiro atoms. The van der Waals surface area contributed by atoms with E-state index >= 15 is 0 Å². The summed E-state index contributed by atoms with van der Waals surface area (Å²) < 4.78 is 0. The van der Waals surface area contributed by atoms with Crippen LogP contribution in [0.25, 0.3) is 0 Å². The van der Waals surface area contributed by atoms with E-state index in [4.69, 9.17) is 5.73 Å². The van der Waals surface area contributed by atoms with E-state index in [2.05, 4.69) is 5.32 Å². The largest absolute Gasteiger partial charge is 0.313 e. The second-order valence-corrected chi connectivity index (χ2v) is 3.39. The molecule has 72 valence electrons. The molecular weight excluding hydrogens is 180 g/mol. The van der Waals surface area contributed by atoms with Crippen LogP contribution in [0.4, 0.5) is 0 Å². The van der Waals surface area contributed by atoms with E-state index in [0.717, 1.165) is 0 Å². The highest BCUT2D eigenvalue weighted by Gasteiger charge is 2.44. The molecule has 0 saturated carbocycles. The van der Waals surface area contributed by atoms with Crippen molar-refractivity contribution in [1.82, 2.24) is 5.32 Å². The molecule has 1 unspecified atom stereocenters. The van der Waals surface area contributed by atoms with Gasteiger partial charge in [-0.1, -0.05) is 30.3 Å². The molecule has 1 heterocycles. The van der Waals surface area contributed by atoms with Crippen LogP contribution >= 0.6 is 0 Å².